The highest BCUT2D eigenvalue weighted by Gasteiger charge is 2.42. The maximum absolute atomic E-state index is 12.1. The van der Waals surface area contributed by atoms with Gasteiger partial charge in [0.2, 0.25) is 5.91 Å². The monoisotopic (exact) mass is 533 g/mol. The Morgan fingerprint density at radius 1 is 0.971 bits per heavy atom. The van der Waals surface area contributed by atoms with Crippen molar-refractivity contribution in [1.82, 2.24) is 10.6 Å². The molecule has 0 aromatic rings. The summed E-state index contributed by atoms with van der Waals surface area (Å²) in [6.07, 6.45) is 2.30. The number of thioether (sulfide) groups is 2. The Labute approximate surface area is 217 Å². The number of amides is 1. The van der Waals surface area contributed by atoms with Crippen LogP contribution in [0, 0.1) is 0 Å². The second-order valence-corrected chi connectivity index (χ2v) is 10.9. The molecule has 0 aromatic carbocycles. The number of rotatable bonds is 21. The first-order valence-electron chi connectivity index (χ1n) is 12.1. The molecular formula is C22H45N8O3S2+. The second-order valence-electron chi connectivity index (χ2n) is 8.45. The van der Waals surface area contributed by atoms with Crippen LogP contribution in [0.1, 0.15) is 39.5 Å². The van der Waals surface area contributed by atoms with Crippen LogP contribution in [0.4, 0.5) is 0 Å². The Balaban J connectivity index is 2.00. The molecule has 0 aliphatic carbocycles. The Kier molecular flexibility index (Phi) is 17.0. The van der Waals surface area contributed by atoms with E-state index >= 15 is 0 Å². The van der Waals surface area contributed by atoms with Crippen molar-refractivity contribution in [3.8, 4) is 0 Å². The van der Waals surface area contributed by atoms with E-state index in [0.717, 1.165) is 36.0 Å². The fourth-order valence-corrected chi connectivity index (χ4v) is 4.77. The van der Waals surface area contributed by atoms with Crippen LogP contribution < -0.4 is 33.6 Å². The average molecular weight is 534 g/mol. The third kappa shape index (κ3) is 16.8. The summed E-state index contributed by atoms with van der Waals surface area (Å²) in [6, 6.07) is -0.569. The standard InChI is InChI=1S/C22H44N8O3S2/c1-15(23)27-9-13-34-11-5-18(25)20-22(33-20)30-8-4-17(31)3-7-29-21(32)19(26)6-12-35-14-10-28-16(2)24/h18-20,22,30H,3-14,25-26H2,1-2H3,(H2,23,27)(H2,24,28)(H,29,32)/p+1. The molecule has 0 aromatic heterocycles. The summed E-state index contributed by atoms with van der Waals surface area (Å²) < 4.78 is 5.61. The van der Waals surface area contributed by atoms with Gasteiger partial charge in [0.1, 0.15) is 12.3 Å². The van der Waals surface area contributed by atoms with Crippen molar-refractivity contribution in [1.29, 1.82) is 0 Å². The SMILES string of the molecule is CC(N)=NCCSCCC(N)C(=O)NCCC(=[OH+])CCNC1OC1C(N)CCSCCN=C(C)N. The highest BCUT2D eigenvalue weighted by atomic mass is 32.2. The first kappa shape index (κ1) is 31.6. The number of hydrogen-bond donors (Lipinski definition) is 6. The van der Waals surface area contributed by atoms with Gasteiger partial charge in [-0.25, -0.2) is 0 Å². The van der Waals surface area contributed by atoms with Gasteiger partial charge < -0.3 is 33.0 Å². The highest BCUT2D eigenvalue weighted by Crippen LogP contribution is 2.24. The number of amidine groups is 2. The van der Waals surface area contributed by atoms with Crippen molar-refractivity contribution in [2.45, 2.75) is 63.9 Å². The number of carbonyl (C=O) groups excluding carboxylic acids is 2. The lowest BCUT2D eigenvalue weighted by Crippen LogP contribution is -2.41. The second kappa shape index (κ2) is 18.8. The van der Waals surface area contributed by atoms with Gasteiger partial charge in [-0.2, -0.15) is 23.5 Å². The molecule has 35 heavy (non-hydrogen) atoms. The summed E-state index contributed by atoms with van der Waals surface area (Å²) in [4.78, 5) is 30.4. The molecule has 4 unspecified atom stereocenters. The van der Waals surface area contributed by atoms with Gasteiger partial charge in [0.15, 0.2) is 0 Å². The fraction of sp³-hybridized carbons (Fsp3) is 0.818. The van der Waals surface area contributed by atoms with Gasteiger partial charge in [-0.15, -0.1) is 0 Å². The van der Waals surface area contributed by atoms with Crippen molar-refractivity contribution in [3.05, 3.63) is 0 Å². The Morgan fingerprint density at radius 2 is 1.54 bits per heavy atom. The topological polar surface area (TPSA) is 204 Å². The fourth-order valence-electron chi connectivity index (χ4n) is 3.06. The third-order valence-electron chi connectivity index (χ3n) is 5.12. The normalized spacial score (nSPS) is 19.9. The molecule has 1 heterocycles. The van der Waals surface area contributed by atoms with Gasteiger partial charge in [-0.1, -0.05) is 0 Å². The number of nitrogens with two attached hydrogens (primary N) is 4. The number of nitrogens with one attached hydrogen (secondary N) is 2. The van der Waals surface area contributed by atoms with Gasteiger partial charge in [-0.3, -0.25) is 24.9 Å². The van der Waals surface area contributed by atoms with Crippen LogP contribution >= 0.6 is 23.5 Å². The van der Waals surface area contributed by atoms with Gasteiger partial charge in [0.25, 0.3) is 5.78 Å². The summed E-state index contributed by atoms with van der Waals surface area (Å²) in [5.74, 6) is 4.84. The Morgan fingerprint density at radius 3 is 2.14 bits per heavy atom. The molecule has 1 fully saturated rings. The summed E-state index contributed by atoms with van der Waals surface area (Å²) in [7, 11) is 0. The minimum absolute atomic E-state index is 0.0125. The molecule has 0 spiro atoms. The van der Waals surface area contributed by atoms with Crippen LogP contribution in [0.3, 0.4) is 0 Å². The molecule has 11 N–H and O–H groups in total. The van der Waals surface area contributed by atoms with Crippen LogP contribution in [0.5, 0.6) is 0 Å². The number of ether oxygens (including phenoxy) is 1. The van der Waals surface area contributed by atoms with Crippen molar-refractivity contribution in [2.75, 3.05) is 49.2 Å². The number of aliphatic imine (C=N–C) groups is 2. The zero-order valence-corrected chi connectivity index (χ0v) is 22.7. The highest BCUT2D eigenvalue weighted by molar-refractivity contribution is 7.99. The first-order chi connectivity index (χ1) is 16.7. The molecule has 4 atom stereocenters. The molecule has 1 aliphatic rings. The summed E-state index contributed by atoms with van der Waals surface area (Å²) in [5.41, 5.74) is 23.1. The van der Waals surface area contributed by atoms with Crippen molar-refractivity contribution < 1.29 is 14.3 Å². The number of nitrogens with zero attached hydrogens (tertiary/aromatic N) is 2. The zero-order chi connectivity index (χ0) is 26.1. The predicted octanol–water partition coefficient (Wildman–Crippen LogP) is -0.602. The number of ketones is 1. The molecular weight excluding hydrogens is 488 g/mol. The van der Waals surface area contributed by atoms with E-state index in [4.69, 9.17) is 27.7 Å². The molecule has 0 radical (unpaired) electrons. The van der Waals surface area contributed by atoms with E-state index in [-0.39, 0.29) is 24.3 Å². The molecule has 1 amide bonds. The minimum Gasteiger partial charge on any atom is -0.388 e. The third-order valence-corrected chi connectivity index (χ3v) is 7.11. The largest absolute Gasteiger partial charge is 0.388 e. The van der Waals surface area contributed by atoms with E-state index < -0.39 is 6.04 Å². The number of carbonyl (C=O) groups is 1. The van der Waals surface area contributed by atoms with E-state index in [1.165, 1.54) is 0 Å². The molecule has 1 saturated heterocycles. The average Bonchev–Trinajstić information content (AvgIpc) is 3.57. The zero-order valence-electron chi connectivity index (χ0n) is 21.1. The quantitative estimate of drug-likeness (QED) is 0.0366. The van der Waals surface area contributed by atoms with Crippen LogP contribution in [-0.2, 0) is 9.53 Å². The summed E-state index contributed by atoms with van der Waals surface area (Å²) in [5, 5.41) is 6.04. The summed E-state index contributed by atoms with van der Waals surface area (Å²) >= 11 is 3.50. The van der Waals surface area contributed by atoms with Crippen LogP contribution in [0.2, 0.25) is 0 Å². The smallest absolute Gasteiger partial charge is 0.296 e. The maximum Gasteiger partial charge on any atom is 0.296 e. The van der Waals surface area contributed by atoms with E-state index in [2.05, 4.69) is 20.6 Å². The lowest BCUT2D eigenvalue weighted by Gasteiger charge is -2.11. The molecule has 11 nitrogen and oxygen atoms in total. The van der Waals surface area contributed by atoms with E-state index in [1.807, 2.05) is 11.8 Å². The van der Waals surface area contributed by atoms with E-state index in [0.29, 0.717) is 56.4 Å². The van der Waals surface area contributed by atoms with Crippen LogP contribution in [0.15, 0.2) is 9.98 Å². The van der Waals surface area contributed by atoms with Gasteiger partial charge in [0, 0.05) is 43.7 Å². The first-order valence-corrected chi connectivity index (χ1v) is 14.4. The van der Waals surface area contributed by atoms with Crippen LogP contribution in [0.25, 0.3) is 0 Å². The lowest BCUT2D eigenvalue weighted by molar-refractivity contribution is -0.122. The Hall–Kier alpha value is -1.38. The van der Waals surface area contributed by atoms with Crippen molar-refractivity contribution >= 4 is 46.9 Å². The Bertz CT molecular complexity index is 688. The lowest BCUT2D eigenvalue weighted by atomic mass is 10.1. The van der Waals surface area contributed by atoms with Crippen LogP contribution in [-0.4, -0.2) is 102 Å². The van der Waals surface area contributed by atoms with Crippen molar-refractivity contribution in [3.63, 3.8) is 0 Å². The molecule has 13 heteroatoms. The van der Waals surface area contributed by atoms with E-state index in [1.54, 1.807) is 25.6 Å². The summed E-state index contributed by atoms with van der Waals surface area (Å²) in [6.45, 7) is 5.89. The van der Waals surface area contributed by atoms with Gasteiger partial charge in [0.05, 0.1) is 30.6 Å². The number of epoxide rings is 1. The van der Waals surface area contributed by atoms with Gasteiger partial charge in [-0.05, 0) is 38.2 Å². The minimum atomic E-state index is -0.554. The maximum atomic E-state index is 12.1. The predicted molar refractivity (Wildman–Crippen MR) is 150 cm³/mol. The molecule has 1 aliphatic heterocycles. The number of hydrogen-bond acceptors (Lipinski definition) is 9. The van der Waals surface area contributed by atoms with E-state index in [9.17, 15) is 9.59 Å². The molecule has 0 bridgehead atoms. The molecule has 0 saturated carbocycles. The molecule has 202 valence electrons. The van der Waals surface area contributed by atoms with Crippen molar-refractivity contribution in [2.24, 2.45) is 32.9 Å². The van der Waals surface area contributed by atoms with Gasteiger partial charge >= 0.3 is 0 Å². The molecule has 1 rings (SSSR count).